The zero-order valence-corrected chi connectivity index (χ0v) is 7.62. The average molecular weight is 178 g/mol. The third-order valence-electron chi connectivity index (χ3n) is 1.95. The van der Waals surface area contributed by atoms with E-state index in [0.717, 1.165) is 23.6 Å². The standard InChI is InChI=1S/C10H12NO2/c1-11-7-8-2-3-9-10(6-8)13-5-4-12-9/h2-3,6H,4-5,7H2,1H3/q-1. The Morgan fingerprint density at radius 2 is 2.00 bits per heavy atom. The molecule has 3 heteroatoms. The fourth-order valence-electron chi connectivity index (χ4n) is 1.37. The quantitative estimate of drug-likeness (QED) is 0.693. The van der Waals surface area contributed by atoms with Crippen LogP contribution in [-0.2, 0) is 6.54 Å². The first-order valence-electron chi connectivity index (χ1n) is 4.34. The zero-order valence-electron chi connectivity index (χ0n) is 7.62. The molecule has 2 rings (SSSR count). The fourth-order valence-corrected chi connectivity index (χ4v) is 1.37. The van der Waals surface area contributed by atoms with Crippen LogP contribution in [0.3, 0.4) is 0 Å². The van der Waals surface area contributed by atoms with Crippen LogP contribution in [-0.4, -0.2) is 20.3 Å². The van der Waals surface area contributed by atoms with Gasteiger partial charge in [-0.05, 0) is 12.1 Å². The predicted octanol–water partition coefficient (Wildman–Crippen LogP) is 1.96. The van der Waals surface area contributed by atoms with Crippen molar-refractivity contribution < 1.29 is 9.47 Å². The van der Waals surface area contributed by atoms with Crippen molar-refractivity contribution in [1.82, 2.24) is 0 Å². The van der Waals surface area contributed by atoms with E-state index in [0.29, 0.717) is 13.2 Å². The van der Waals surface area contributed by atoms with Gasteiger partial charge in [-0.15, -0.1) is 6.54 Å². The lowest BCUT2D eigenvalue weighted by molar-refractivity contribution is 0.171. The van der Waals surface area contributed by atoms with Crippen molar-refractivity contribution in [3.63, 3.8) is 0 Å². The van der Waals surface area contributed by atoms with Crippen LogP contribution in [0.1, 0.15) is 5.56 Å². The molecule has 1 aromatic carbocycles. The summed E-state index contributed by atoms with van der Waals surface area (Å²) in [7, 11) is 1.80. The van der Waals surface area contributed by atoms with Crippen LogP contribution in [0, 0.1) is 0 Å². The molecule has 13 heavy (non-hydrogen) atoms. The van der Waals surface area contributed by atoms with Gasteiger partial charge in [0.1, 0.15) is 13.2 Å². The van der Waals surface area contributed by atoms with Crippen LogP contribution in [0.5, 0.6) is 11.5 Å². The van der Waals surface area contributed by atoms with E-state index in [4.69, 9.17) is 9.47 Å². The summed E-state index contributed by atoms with van der Waals surface area (Å²) >= 11 is 0. The van der Waals surface area contributed by atoms with Gasteiger partial charge in [-0.2, -0.15) is 7.05 Å². The maximum Gasteiger partial charge on any atom is 0.161 e. The summed E-state index contributed by atoms with van der Waals surface area (Å²) in [6.07, 6.45) is 0. The van der Waals surface area contributed by atoms with Gasteiger partial charge in [-0.3, -0.25) is 0 Å². The minimum absolute atomic E-state index is 0.639. The Labute approximate surface area is 77.7 Å². The van der Waals surface area contributed by atoms with Crippen molar-refractivity contribution in [1.29, 1.82) is 0 Å². The Kier molecular flexibility index (Phi) is 2.36. The van der Waals surface area contributed by atoms with Crippen molar-refractivity contribution in [2.45, 2.75) is 6.54 Å². The molecule has 0 fully saturated rings. The zero-order chi connectivity index (χ0) is 9.10. The molecule has 0 aromatic heterocycles. The molecule has 0 amide bonds. The number of benzene rings is 1. The molecule has 70 valence electrons. The molecule has 0 N–H and O–H groups in total. The number of hydrogen-bond donors (Lipinski definition) is 0. The third kappa shape index (κ3) is 1.75. The minimum atomic E-state index is 0.639. The van der Waals surface area contributed by atoms with Gasteiger partial charge < -0.3 is 14.8 Å². The lowest BCUT2D eigenvalue weighted by Crippen LogP contribution is -2.15. The molecule has 0 atom stereocenters. The summed E-state index contributed by atoms with van der Waals surface area (Å²) in [5.74, 6) is 1.68. The van der Waals surface area contributed by atoms with Gasteiger partial charge in [0.2, 0.25) is 0 Å². The van der Waals surface area contributed by atoms with Gasteiger partial charge in [0.25, 0.3) is 0 Å². The summed E-state index contributed by atoms with van der Waals surface area (Å²) < 4.78 is 10.8. The molecular weight excluding hydrogens is 166 g/mol. The van der Waals surface area contributed by atoms with Gasteiger partial charge in [0.05, 0.1) is 0 Å². The van der Waals surface area contributed by atoms with Crippen molar-refractivity contribution in [3.05, 3.63) is 29.1 Å². The van der Waals surface area contributed by atoms with Crippen molar-refractivity contribution >= 4 is 0 Å². The summed E-state index contributed by atoms with van der Waals surface area (Å²) in [5.41, 5.74) is 1.16. The second-order valence-corrected chi connectivity index (χ2v) is 2.95. The first-order chi connectivity index (χ1) is 6.40. The molecule has 0 unspecified atom stereocenters. The highest BCUT2D eigenvalue weighted by molar-refractivity contribution is 5.44. The first-order valence-corrected chi connectivity index (χ1v) is 4.34. The minimum Gasteiger partial charge on any atom is -0.661 e. The molecule has 0 aliphatic carbocycles. The van der Waals surface area contributed by atoms with Gasteiger partial charge in [0, 0.05) is 0 Å². The maximum absolute atomic E-state index is 5.44. The van der Waals surface area contributed by atoms with Gasteiger partial charge in [-0.1, -0.05) is 11.6 Å². The predicted molar refractivity (Wildman–Crippen MR) is 50.4 cm³/mol. The molecule has 1 heterocycles. The summed E-state index contributed by atoms with van der Waals surface area (Å²) in [5, 5.41) is 4.06. The molecular formula is C10H12NO2-. The van der Waals surface area contributed by atoms with Crippen LogP contribution >= 0.6 is 0 Å². The largest absolute Gasteiger partial charge is 0.661 e. The number of ether oxygens (including phenoxy) is 2. The molecule has 0 saturated carbocycles. The van der Waals surface area contributed by atoms with Gasteiger partial charge >= 0.3 is 0 Å². The van der Waals surface area contributed by atoms with Crippen LogP contribution in [0.15, 0.2) is 18.2 Å². The number of nitrogens with zero attached hydrogens (tertiary/aromatic N) is 1. The molecule has 1 aromatic rings. The Morgan fingerprint density at radius 1 is 1.23 bits per heavy atom. The Hall–Kier alpha value is -1.22. The lowest BCUT2D eigenvalue weighted by atomic mass is 10.2. The third-order valence-corrected chi connectivity index (χ3v) is 1.95. The Balaban J connectivity index is 2.24. The maximum atomic E-state index is 5.44. The number of hydrogen-bond acceptors (Lipinski definition) is 2. The molecule has 0 spiro atoms. The average Bonchev–Trinajstić information content (AvgIpc) is 2.18. The highest BCUT2D eigenvalue weighted by Crippen LogP contribution is 2.30. The van der Waals surface area contributed by atoms with Crippen LogP contribution in [0.4, 0.5) is 0 Å². The molecule has 1 aliphatic rings. The van der Waals surface area contributed by atoms with Crippen molar-refractivity contribution in [3.8, 4) is 11.5 Å². The van der Waals surface area contributed by atoms with Crippen LogP contribution < -0.4 is 9.47 Å². The molecule has 0 saturated heterocycles. The molecule has 0 bridgehead atoms. The number of rotatable bonds is 2. The van der Waals surface area contributed by atoms with Crippen molar-refractivity contribution in [2.24, 2.45) is 0 Å². The van der Waals surface area contributed by atoms with E-state index in [9.17, 15) is 0 Å². The topological polar surface area (TPSA) is 32.6 Å². The van der Waals surface area contributed by atoms with E-state index in [2.05, 4.69) is 5.32 Å². The van der Waals surface area contributed by atoms with Crippen LogP contribution in [0.25, 0.3) is 5.32 Å². The number of fused-ring (bicyclic) bond motifs is 1. The lowest BCUT2D eigenvalue weighted by Gasteiger charge is -2.20. The van der Waals surface area contributed by atoms with E-state index in [1.807, 2.05) is 18.2 Å². The smallest absolute Gasteiger partial charge is 0.161 e. The van der Waals surface area contributed by atoms with E-state index in [1.54, 1.807) is 7.05 Å². The van der Waals surface area contributed by atoms with E-state index >= 15 is 0 Å². The Morgan fingerprint density at radius 3 is 2.77 bits per heavy atom. The highest BCUT2D eigenvalue weighted by atomic mass is 16.6. The summed E-state index contributed by atoms with van der Waals surface area (Å²) in [6.45, 7) is 2.01. The van der Waals surface area contributed by atoms with E-state index < -0.39 is 0 Å². The summed E-state index contributed by atoms with van der Waals surface area (Å²) in [4.78, 5) is 0. The molecule has 1 aliphatic heterocycles. The fraction of sp³-hybridized carbons (Fsp3) is 0.400. The molecule has 3 nitrogen and oxygen atoms in total. The summed E-state index contributed by atoms with van der Waals surface area (Å²) in [6, 6.07) is 5.94. The van der Waals surface area contributed by atoms with Crippen LogP contribution in [0.2, 0.25) is 0 Å². The highest BCUT2D eigenvalue weighted by Gasteiger charge is 2.10. The first kappa shape index (κ1) is 8.38. The van der Waals surface area contributed by atoms with Crippen molar-refractivity contribution in [2.75, 3.05) is 20.3 Å². The monoisotopic (exact) mass is 178 g/mol. The Bertz CT molecular complexity index is 299. The molecule has 0 radical (unpaired) electrons. The second kappa shape index (κ2) is 3.66. The normalized spacial score (nSPS) is 14.2. The second-order valence-electron chi connectivity index (χ2n) is 2.95. The van der Waals surface area contributed by atoms with E-state index in [1.165, 1.54) is 0 Å². The van der Waals surface area contributed by atoms with E-state index in [-0.39, 0.29) is 0 Å². The SMILES string of the molecule is C[N-]Cc1ccc2c(c1)OCCO2. The van der Waals surface area contributed by atoms with Gasteiger partial charge in [0.15, 0.2) is 11.5 Å². The van der Waals surface area contributed by atoms with Gasteiger partial charge in [-0.25, -0.2) is 0 Å².